The molecule has 1 heterocycles. The maximum absolute atomic E-state index is 12.0. The first-order valence-corrected chi connectivity index (χ1v) is 6.09. The number of amides is 1. The molecule has 0 saturated heterocycles. The number of halogens is 1. The molecule has 0 aliphatic rings. The molecule has 0 bridgehead atoms. The second kappa shape index (κ2) is 6.15. The molecule has 19 heavy (non-hydrogen) atoms. The molecule has 98 valence electrons. The second-order valence-electron chi connectivity index (χ2n) is 3.61. The van der Waals surface area contributed by atoms with Gasteiger partial charge in [-0.25, -0.2) is 9.97 Å². The summed E-state index contributed by atoms with van der Waals surface area (Å²) in [4.78, 5) is 19.8. The molecule has 0 radical (unpaired) electrons. The van der Waals surface area contributed by atoms with Crippen molar-refractivity contribution in [3.63, 3.8) is 0 Å². The number of hydrogen-bond acceptors (Lipinski definition) is 4. The lowest BCUT2D eigenvalue weighted by Crippen LogP contribution is -2.14. The van der Waals surface area contributed by atoms with E-state index in [1.54, 1.807) is 24.3 Å². The van der Waals surface area contributed by atoms with Crippen LogP contribution in [0.3, 0.4) is 0 Å². The van der Waals surface area contributed by atoms with Crippen molar-refractivity contribution in [2.75, 3.05) is 11.9 Å². The normalized spacial score (nSPS) is 10.0. The summed E-state index contributed by atoms with van der Waals surface area (Å²) in [6.07, 6.45) is 1.28. The quantitative estimate of drug-likeness (QED) is 0.933. The highest BCUT2D eigenvalue weighted by molar-refractivity contribution is 6.33. The summed E-state index contributed by atoms with van der Waals surface area (Å²) in [5, 5.41) is 3.15. The van der Waals surface area contributed by atoms with E-state index >= 15 is 0 Å². The summed E-state index contributed by atoms with van der Waals surface area (Å²) in [5.41, 5.74) is 0.754. The van der Waals surface area contributed by atoms with Crippen LogP contribution in [0.1, 0.15) is 17.4 Å². The number of nitrogens with zero attached hydrogens (tertiary/aromatic N) is 2. The average Bonchev–Trinajstić information content (AvgIpc) is 2.42. The van der Waals surface area contributed by atoms with Gasteiger partial charge in [0.25, 0.3) is 5.91 Å². The SMILES string of the molecule is CCOc1cc(C(=O)Nc2ccccc2Cl)ncn1. The fourth-order valence-electron chi connectivity index (χ4n) is 1.44. The van der Waals surface area contributed by atoms with Crippen LogP contribution in [0.5, 0.6) is 5.88 Å². The number of carbonyl (C=O) groups excluding carboxylic acids is 1. The first kappa shape index (κ1) is 13.3. The lowest BCUT2D eigenvalue weighted by molar-refractivity contribution is 0.102. The van der Waals surface area contributed by atoms with E-state index in [2.05, 4.69) is 15.3 Å². The number of anilines is 1. The van der Waals surface area contributed by atoms with Gasteiger partial charge < -0.3 is 10.1 Å². The minimum atomic E-state index is -0.364. The van der Waals surface area contributed by atoms with E-state index in [1.807, 2.05) is 6.92 Å². The van der Waals surface area contributed by atoms with Gasteiger partial charge in [-0.2, -0.15) is 0 Å². The van der Waals surface area contributed by atoms with E-state index in [1.165, 1.54) is 12.4 Å². The Balaban J connectivity index is 2.16. The van der Waals surface area contributed by atoms with Crippen LogP contribution in [0.2, 0.25) is 5.02 Å². The molecule has 1 amide bonds. The molecule has 0 aliphatic heterocycles. The van der Waals surface area contributed by atoms with Gasteiger partial charge in [0, 0.05) is 6.07 Å². The monoisotopic (exact) mass is 277 g/mol. The highest BCUT2D eigenvalue weighted by Gasteiger charge is 2.11. The van der Waals surface area contributed by atoms with Crippen LogP contribution >= 0.6 is 11.6 Å². The Morgan fingerprint density at radius 3 is 2.89 bits per heavy atom. The fraction of sp³-hybridized carbons (Fsp3) is 0.154. The summed E-state index contributed by atoms with van der Waals surface area (Å²) in [6, 6.07) is 8.46. The molecule has 6 heteroatoms. The third-order valence-corrected chi connectivity index (χ3v) is 2.62. The van der Waals surface area contributed by atoms with Gasteiger partial charge in [-0.1, -0.05) is 23.7 Å². The summed E-state index contributed by atoms with van der Waals surface area (Å²) in [5.74, 6) is -0.00161. The lowest BCUT2D eigenvalue weighted by atomic mass is 10.3. The standard InChI is InChI=1S/C13H12ClN3O2/c1-2-19-12-7-11(15-8-16-12)13(18)17-10-6-4-3-5-9(10)14/h3-8H,2H2,1H3,(H,17,18). The van der Waals surface area contributed by atoms with Gasteiger partial charge in [-0.05, 0) is 19.1 Å². The molecule has 1 aromatic carbocycles. The van der Waals surface area contributed by atoms with Crippen molar-refractivity contribution in [1.82, 2.24) is 9.97 Å². The minimum absolute atomic E-state index is 0.221. The fourth-order valence-corrected chi connectivity index (χ4v) is 1.62. The molecule has 0 unspecified atom stereocenters. The van der Waals surface area contributed by atoms with Crippen molar-refractivity contribution >= 4 is 23.2 Å². The van der Waals surface area contributed by atoms with Crippen molar-refractivity contribution < 1.29 is 9.53 Å². The van der Waals surface area contributed by atoms with Gasteiger partial charge in [0.05, 0.1) is 17.3 Å². The molecule has 0 aliphatic carbocycles. The first-order valence-electron chi connectivity index (χ1n) is 5.71. The highest BCUT2D eigenvalue weighted by Crippen LogP contribution is 2.21. The van der Waals surface area contributed by atoms with Crippen molar-refractivity contribution in [3.05, 3.63) is 47.4 Å². The number of carbonyl (C=O) groups is 1. The van der Waals surface area contributed by atoms with Gasteiger partial charge in [-0.15, -0.1) is 0 Å². The van der Waals surface area contributed by atoms with Crippen LogP contribution in [0.15, 0.2) is 36.7 Å². The zero-order valence-corrected chi connectivity index (χ0v) is 11.0. The molecule has 1 aromatic heterocycles. The first-order chi connectivity index (χ1) is 9.20. The Morgan fingerprint density at radius 1 is 1.37 bits per heavy atom. The third-order valence-electron chi connectivity index (χ3n) is 2.29. The van der Waals surface area contributed by atoms with E-state index in [4.69, 9.17) is 16.3 Å². The molecule has 2 rings (SSSR count). The van der Waals surface area contributed by atoms with Gasteiger partial charge >= 0.3 is 0 Å². The van der Waals surface area contributed by atoms with Gasteiger partial charge in [0.2, 0.25) is 5.88 Å². The van der Waals surface area contributed by atoms with Crippen molar-refractivity contribution in [2.45, 2.75) is 6.92 Å². The predicted molar refractivity (Wildman–Crippen MR) is 72.6 cm³/mol. The number of benzene rings is 1. The molecule has 0 fully saturated rings. The molecule has 0 spiro atoms. The zero-order valence-electron chi connectivity index (χ0n) is 10.3. The summed E-state index contributed by atoms with van der Waals surface area (Å²) < 4.78 is 5.21. The second-order valence-corrected chi connectivity index (χ2v) is 4.02. The minimum Gasteiger partial charge on any atom is -0.478 e. The largest absolute Gasteiger partial charge is 0.478 e. The van der Waals surface area contributed by atoms with Crippen molar-refractivity contribution in [2.24, 2.45) is 0 Å². The number of para-hydroxylation sites is 1. The van der Waals surface area contributed by atoms with Crippen LogP contribution in [-0.4, -0.2) is 22.5 Å². The molecule has 0 saturated carbocycles. The maximum atomic E-state index is 12.0. The van der Waals surface area contributed by atoms with Gasteiger partial charge in [0.15, 0.2) is 0 Å². The van der Waals surface area contributed by atoms with Crippen LogP contribution < -0.4 is 10.1 Å². The van der Waals surface area contributed by atoms with Gasteiger partial charge in [-0.3, -0.25) is 4.79 Å². The van der Waals surface area contributed by atoms with Gasteiger partial charge in [0.1, 0.15) is 12.0 Å². The topological polar surface area (TPSA) is 64.1 Å². The summed E-state index contributed by atoms with van der Waals surface area (Å²) >= 11 is 5.96. The van der Waals surface area contributed by atoms with Crippen molar-refractivity contribution in [3.8, 4) is 5.88 Å². The van der Waals surface area contributed by atoms with E-state index in [9.17, 15) is 4.79 Å². The van der Waals surface area contributed by atoms with Crippen LogP contribution in [0.25, 0.3) is 0 Å². The molecule has 0 atom stereocenters. The molecular weight excluding hydrogens is 266 g/mol. The average molecular weight is 278 g/mol. The Bertz CT molecular complexity index is 590. The summed E-state index contributed by atoms with van der Waals surface area (Å²) in [6.45, 7) is 2.31. The molecule has 2 aromatic rings. The highest BCUT2D eigenvalue weighted by atomic mass is 35.5. The summed E-state index contributed by atoms with van der Waals surface area (Å²) in [7, 11) is 0. The smallest absolute Gasteiger partial charge is 0.274 e. The van der Waals surface area contributed by atoms with E-state index < -0.39 is 0 Å². The molecule has 1 N–H and O–H groups in total. The zero-order chi connectivity index (χ0) is 13.7. The Labute approximate surface area is 115 Å². The van der Waals surface area contributed by atoms with Crippen molar-refractivity contribution in [1.29, 1.82) is 0 Å². The third kappa shape index (κ3) is 3.42. The molecule has 5 nitrogen and oxygen atoms in total. The molecular formula is C13H12ClN3O2. The van der Waals surface area contributed by atoms with E-state index in [0.29, 0.717) is 23.2 Å². The number of ether oxygens (including phenoxy) is 1. The number of nitrogens with one attached hydrogen (secondary N) is 1. The predicted octanol–water partition coefficient (Wildman–Crippen LogP) is 2.78. The van der Waals surface area contributed by atoms with E-state index in [0.717, 1.165) is 0 Å². The number of hydrogen-bond donors (Lipinski definition) is 1. The van der Waals surface area contributed by atoms with Crippen LogP contribution in [-0.2, 0) is 0 Å². The van der Waals surface area contributed by atoms with Crippen LogP contribution in [0.4, 0.5) is 5.69 Å². The number of aromatic nitrogens is 2. The maximum Gasteiger partial charge on any atom is 0.274 e. The Morgan fingerprint density at radius 2 is 2.16 bits per heavy atom. The number of rotatable bonds is 4. The van der Waals surface area contributed by atoms with Crippen LogP contribution in [0, 0.1) is 0 Å². The Kier molecular flexibility index (Phi) is 4.30. The van der Waals surface area contributed by atoms with E-state index in [-0.39, 0.29) is 11.6 Å². The lowest BCUT2D eigenvalue weighted by Gasteiger charge is -2.07. The Hall–Kier alpha value is -2.14.